The van der Waals surface area contributed by atoms with Crippen molar-refractivity contribution in [1.29, 1.82) is 0 Å². The standard InChI is InChI=1S/C5H10N2O3/c6-3(5(9)10)1-2-4(7)8/h3H,1-2,6H2,(H2,7,8)(H,9,10)/i6+1. The molecule has 0 saturated heterocycles. The first-order valence-electron chi connectivity index (χ1n) is 2.80. The van der Waals surface area contributed by atoms with Crippen LogP contribution >= 0.6 is 0 Å². The van der Waals surface area contributed by atoms with Crippen LogP contribution < -0.4 is 11.5 Å². The van der Waals surface area contributed by atoms with Gasteiger partial charge in [-0.1, -0.05) is 0 Å². The number of hydrogen-bond acceptors (Lipinski definition) is 3. The summed E-state index contributed by atoms with van der Waals surface area (Å²) in [4.78, 5) is 20.1. The van der Waals surface area contributed by atoms with E-state index in [-0.39, 0.29) is 12.8 Å². The van der Waals surface area contributed by atoms with E-state index >= 15 is 0 Å². The summed E-state index contributed by atoms with van der Waals surface area (Å²) in [6.07, 6.45) is 0.123. The fraction of sp³-hybridized carbons (Fsp3) is 0.600. The maximum Gasteiger partial charge on any atom is 0.320 e. The Morgan fingerprint density at radius 2 is 2.00 bits per heavy atom. The van der Waals surface area contributed by atoms with Gasteiger partial charge in [0.05, 0.1) is 0 Å². The van der Waals surface area contributed by atoms with Gasteiger partial charge in [-0.05, 0) is 6.42 Å². The predicted octanol–water partition coefficient (Wildman–Crippen LogP) is -1.34. The van der Waals surface area contributed by atoms with Gasteiger partial charge in [-0.15, -0.1) is 0 Å². The van der Waals surface area contributed by atoms with Crippen LogP contribution in [-0.2, 0) is 9.59 Å². The van der Waals surface area contributed by atoms with Crippen molar-refractivity contribution >= 4 is 11.9 Å². The molecule has 0 bridgehead atoms. The van der Waals surface area contributed by atoms with Crippen LogP contribution in [0.5, 0.6) is 0 Å². The molecule has 5 nitrogen and oxygen atoms in total. The van der Waals surface area contributed by atoms with Crippen molar-refractivity contribution in [3.63, 3.8) is 0 Å². The molecule has 0 spiro atoms. The molecule has 0 aromatic rings. The lowest BCUT2D eigenvalue weighted by Crippen LogP contribution is -2.31. The van der Waals surface area contributed by atoms with Crippen molar-refractivity contribution in [3.8, 4) is 0 Å². The van der Waals surface area contributed by atoms with Crippen LogP contribution in [-0.4, -0.2) is 23.0 Å². The van der Waals surface area contributed by atoms with Crippen molar-refractivity contribution in [2.45, 2.75) is 18.9 Å². The van der Waals surface area contributed by atoms with Crippen molar-refractivity contribution in [3.05, 3.63) is 0 Å². The first-order valence-corrected chi connectivity index (χ1v) is 2.80. The Hall–Kier alpha value is -1.10. The van der Waals surface area contributed by atoms with Gasteiger partial charge < -0.3 is 16.6 Å². The van der Waals surface area contributed by atoms with Gasteiger partial charge in [0.15, 0.2) is 0 Å². The lowest BCUT2D eigenvalue weighted by Gasteiger charge is -2.01. The number of primary amides is 1. The van der Waals surface area contributed by atoms with Gasteiger partial charge in [0.1, 0.15) is 6.04 Å². The van der Waals surface area contributed by atoms with E-state index in [4.69, 9.17) is 16.6 Å². The summed E-state index contributed by atoms with van der Waals surface area (Å²) in [6, 6.07) is -0.979. The molecular weight excluding hydrogens is 137 g/mol. The van der Waals surface area contributed by atoms with Crippen molar-refractivity contribution in [2.24, 2.45) is 11.5 Å². The Balaban J connectivity index is 3.49. The zero-order valence-electron chi connectivity index (χ0n) is 5.41. The molecule has 58 valence electrons. The molecular formula is C5H10N2O3. The lowest BCUT2D eigenvalue weighted by atomic mass is 10.2. The first kappa shape index (κ1) is 8.90. The van der Waals surface area contributed by atoms with Crippen molar-refractivity contribution < 1.29 is 14.7 Å². The lowest BCUT2D eigenvalue weighted by molar-refractivity contribution is -0.138. The molecule has 0 fully saturated rings. The molecule has 1 atom stereocenters. The summed E-state index contributed by atoms with van der Waals surface area (Å²) in [5.74, 6) is -1.64. The van der Waals surface area contributed by atoms with E-state index in [0.717, 1.165) is 0 Å². The molecule has 0 aliphatic rings. The molecule has 5 N–H and O–H groups in total. The van der Waals surface area contributed by atoms with Crippen molar-refractivity contribution in [1.82, 2.24) is 0 Å². The smallest absolute Gasteiger partial charge is 0.320 e. The number of carboxylic acids is 1. The highest BCUT2D eigenvalue weighted by molar-refractivity contribution is 5.76. The number of carbonyl (C=O) groups is 2. The van der Waals surface area contributed by atoms with E-state index in [2.05, 4.69) is 0 Å². The van der Waals surface area contributed by atoms with Crippen LogP contribution in [0, 0.1) is 0 Å². The van der Waals surface area contributed by atoms with Gasteiger partial charge in [0.2, 0.25) is 5.91 Å². The summed E-state index contributed by atoms with van der Waals surface area (Å²) in [5.41, 5.74) is 9.81. The van der Waals surface area contributed by atoms with E-state index in [0.29, 0.717) is 0 Å². The zero-order valence-corrected chi connectivity index (χ0v) is 5.41. The van der Waals surface area contributed by atoms with E-state index in [1.165, 1.54) is 0 Å². The van der Waals surface area contributed by atoms with Crippen LogP contribution in [0.1, 0.15) is 12.8 Å². The Bertz CT molecular complexity index is 146. The second-order valence-corrected chi connectivity index (χ2v) is 1.95. The SMILES string of the molecule is NC(=O)CCC([15NH2])C(=O)O. The topological polar surface area (TPSA) is 106 Å². The van der Waals surface area contributed by atoms with E-state index in [9.17, 15) is 9.59 Å². The highest BCUT2D eigenvalue weighted by Gasteiger charge is 2.11. The zero-order chi connectivity index (χ0) is 8.15. The molecule has 0 rings (SSSR count). The van der Waals surface area contributed by atoms with Gasteiger partial charge in [0, 0.05) is 6.42 Å². The number of nitrogens with two attached hydrogens (primary N) is 2. The van der Waals surface area contributed by atoms with Crippen LogP contribution in [0.15, 0.2) is 0 Å². The number of carboxylic acid groups (broad SMARTS) is 1. The molecule has 0 aliphatic heterocycles. The molecule has 0 saturated carbocycles. The fourth-order valence-electron chi connectivity index (χ4n) is 0.421. The van der Waals surface area contributed by atoms with Gasteiger partial charge in [-0.3, -0.25) is 9.59 Å². The molecule has 0 aromatic heterocycles. The first-order chi connectivity index (χ1) is 4.54. The fourth-order valence-corrected chi connectivity index (χ4v) is 0.421. The summed E-state index contributed by atoms with van der Waals surface area (Å²) in [6.45, 7) is 0. The average Bonchev–Trinajstić information content (AvgIpc) is 1.82. The second-order valence-electron chi connectivity index (χ2n) is 1.95. The minimum absolute atomic E-state index is 0.0213. The number of carbonyl (C=O) groups excluding carboxylic acids is 1. The molecule has 1 unspecified atom stereocenters. The number of hydrogen-bond donors (Lipinski definition) is 3. The molecule has 0 heterocycles. The Morgan fingerprint density at radius 1 is 1.50 bits per heavy atom. The van der Waals surface area contributed by atoms with Gasteiger partial charge >= 0.3 is 5.97 Å². The Morgan fingerprint density at radius 3 is 2.30 bits per heavy atom. The van der Waals surface area contributed by atoms with E-state index in [1.54, 1.807) is 0 Å². The van der Waals surface area contributed by atoms with E-state index < -0.39 is 17.9 Å². The molecule has 0 aliphatic carbocycles. The molecule has 5 heteroatoms. The third kappa shape index (κ3) is 3.85. The molecule has 0 radical (unpaired) electrons. The number of rotatable bonds is 4. The van der Waals surface area contributed by atoms with Crippen molar-refractivity contribution in [2.75, 3.05) is 0 Å². The van der Waals surface area contributed by atoms with Gasteiger partial charge in [-0.25, -0.2) is 0 Å². The highest BCUT2D eigenvalue weighted by atomic mass is 16.4. The van der Waals surface area contributed by atoms with Crippen LogP contribution in [0.3, 0.4) is 0 Å². The summed E-state index contributed by atoms with van der Waals surface area (Å²) < 4.78 is 0. The van der Waals surface area contributed by atoms with Gasteiger partial charge in [-0.2, -0.15) is 0 Å². The molecule has 10 heavy (non-hydrogen) atoms. The maximum absolute atomic E-state index is 10.1. The number of aliphatic carboxylic acids is 1. The third-order valence-corrected chi connectivity index (χ3v) is 1.02. The van der Waals surface area contributed by atoms with Crippen LogP contribution in [0.2, 0.25) is 0 Å². The average molecular weight is 147 g/mol. The Kier molecular flexibility index (Phi) is 3.42. The number of amides is 1. The second kappa shape index (κ2) is 3.84. The predicted molar refractivity (Wildman–Crippen MR) is 34.0 cm³/mol. The molecule has 0 aromatic carbocycles. The molecule has 1 amide bonds. The monoisotopic (exact) mass is 147 g/mol. The minimum Gasteiger partial charge on any atom is -0.480 e. The largest absolute Gasteiger partial charge is 0.480 e. The normalized spacial score (nSPS) is 12.5. The van der Waals surface area contributed by atoms with Gasteiger partial charge in [0.25, 0.3) is 0 Å². The highest BCUT2D eigenvalue weighted by Crippen LogP contribution is 1.92. The summed E-state index contributed by atoms with van der Waals surface area (Å²) in [5, 5.41) is 8.22. The van der Waals surface area contributed by atoms with E-state index in [1.807, 2.05) is 0 Å². The maximum atomic E-state index is 10.1. The van der Waals surface area contributed by atoms with Crippen LogP contribution in [0.25, 0.3) is 0 Å². The summed E-state index contributed by atoms with van der Waals surface area (Å²) in [7, 11) is 0. The third-order valence-electron chi connectivity index (χ3n) is 1.02. The minimum atomic E-state index is -1.11. The summed E-state index contributed by atoms with van der Waals surface area (Å²) >= 11 is 0. The quantitative estimate of drug-likeness (QED) is 0.428. The Labute approximate surface area is 58.0 Å². The van der Waals surface area contributed by atoms with Crippen LogP contribution in [0.4, 0.5) is 0 Å².